The maximum atomic E-state index is 9.44. The summed E-state index contributed by atoms with van der Waals surface area (Å²) in [6.07, 6.45) is 1.22. The first-order valence-corrected chi connectivity index (χ1v) is 6.93. The van der Waals surface area contributed by atoms with E-state index in [1.807, 2.05) is 36.4 Å². The van der Waals surface area contributed by atoms with Gasteiger partial charge in [0.05, 0.1) is 6.10 Å². The van der Waals surface area contributed by atoms with Gasteiger partial charge >= 0.3 is 0 Å². The van der Waals surface area contributed by atoms with Crippen molar-refractivity contribution in [2.75, 3.05) is 0 Å². The summed E-state index contributed by atoms with van der Waals surface area (Å²) in [6.45, 7) is 1.75. The van der Waals surface area contributed by atoms with Gasteiger partial charge in [0.25, 0.3) is 0 Å². The van der Waals surface area contributed by atoms with Crippen LogP contribution in [0.5, 0.6) is 0 Å². The molecule has 1 N–H and O–H groups in total. The van der Waals surface area contributed by atoms with Gasteiger partial charge in [-0.2, -0.15) is 5.26 Å². The first-order valence-electron chi connectivity index (χ1n) is 5.95. The zero-order chi connectivity index (χ0) is 13.7. The fourth-order valence-corrected chi connectivity index (χ4v) is 2.48. The molecule has 2 aromatic rings. The van der Waals surface area contributed by atoms with Gasteiger partial charge in [0, 0.05) is 16.8 Å². The molecule has 1 heterocycles. The van der Waals surface area contributed by atoms with Crippen LogP contribution in [-0.4, -0.2) is 10.1 Å². The van der Waals surface area contributed by atoms with Gasteiger partial charge in [0.1, 0.15) is 11.8 Å². The van der Waals surface area contributed by atoms with Crippen LogP contribution >= 0.6 is 11.8 Å². The topological polar surface area (TPSA) is 56.9 Å². The summed E-state index contributed by atoms with van der Waals surface area (Å²) in [5.74, 6) is 0.797. The lowest BCUT2D eigenvalue weighted by Gasteiger charge is -2.06. The largest absolute Gasteiger partial charge is 0.389 e. The smallest absolute Gasteiger partial charge is 0.140 e. The molecular weight excluding hydrogens is 256 g/mol. The molecule has 0 radical (unpaired) electrons. The van der Waals surface area contributed by atoms with E-state index in [1.165, 1.54) is 0 Å². The second-order valence-corrected chi connectivity index (χ2v) is 5.24. The van der Waals surface area contributed by atoms with Crippen molar-refractivity contribution in [3.8, 4) is 6.07 Å². The molecule has 0 aliphatic carbocycles. The van der Waals surface area contributed by atoms with Crippen LogP contribution in [0.1, 0.15) is 29.8 Å². The van der Waals surface area contributed by atoms with Crippen LogP contribution in [0.25, 0.3) is 0 Å². The number of aromatic nitrogens is 1. The van der Waals surface area contributed by atoms with Gasteiger partial charge in [-0.15, -0.1) is 11.8 Å². The number of rotatable bonds is 4. The molecular formula is C15H14N2OS. The first kappa shape index (κ1) is 13.6. The van der Waals surface area contributed by atoms with Crippen molar-refractivity contribution in [3.63, 3.8) is 0 Å². The molecule has 1 atom stereocenters. The van der Waals surface area contributed by atoms with Crippen molar-refractivity contribution >= 4 is 11.8 Å². The minimum Gasteiger partial charge on any atom is -0.389 e. The molecule has 1 unspecified atom stereocenters. The monoisotopic (exact) mass is 270 g/mol. The second kappa shape index (κ2) is 6.37. The molecule has 3 nitrogen and oxygen atoms in total. The Morgan fingerprint density at radius 1 is 1.32 bits per heavy atom. The van der Waals surface area contributed by atoms with Gasteiger partial charge in [-0.05, 0) is 42.3 Å². The molecule has 0 aliphatic heterocycles. The molecule has 0 aliphatic rings. The van der Waals surface area contributed by atoms with Crippen molar-refractivity contribution in [3.05, 3.63) is 59.4 Å². The van der Waals surface area contributed by atoms with E-state index in [1.54, 1.807) is 30.9 Å². The summed E-state index contributed by atoms with van der Waals surface area (Å²) in [7, 11) is 0. The van der Waals surface area contributed by atoms with E-state index in [0.29, 0.717) is 5.69 Å². The number of thioether (sulfide) groups is 1. The lowest BCUT2D eigenvalue weighted by atomic mass is 10.1. The number of benzene rings is 1. The highest BCUT2D eigenvalue weighted by Crippen LogP contribution is 2.24. The summed E-state index contributed by atoms with van der Waals surface area (Å²) in [4.78, 5) is 5.08. The quantitative estimate of drug-likeness (QED) is 0.866. The third kappa shape index (κ3) is 3.82. The summed E-state index contributed by atoms with van der Waals surface area (Å²) in [5, 5.41) is 18.2. The Morgan fingerprint density at radius 2 is 2.05 bits per heavy atom. The third-order valence-corrected chi connectivity index (χ3v) is 3.79. The molecule has 4 heteroatoms. The summed E-state index contributed by atoms with van der Waals surface area (Å²) >= 11 is 1.69. The van der Waals surface area contributed by atoms with Crippen molar-refractivity contribution in [2.45, 2.75) is 23.7 Å². The summed E-state index contributed by atoms with van der Waals surface area (Å²) in [6, 6.07) is 13.6. The maximum Gasteiger partial charge on any atom is 0.140 e. The van der Waals surface area contributed by atoms with Gasteiger partial charge < -0.3 is 5.11 Å². The van der Waals surface area contributed by atoms with Gasteiger partial charge in [0.2, 0.25) is 0 Å². The lowest BCUT2D eigenvalue weighted by molar-refractivity contribution is 0.199. The number of hydrogen-bond acceptors (Lipinski definition) is 4. The Hall–Kier alpha value is -1.83. The fraction of sp³-hybridized carbons (Fsp3) is 0.200. The van der Waals surface area contributed by atoms with E-state index in [0.717, 1.165) is 21.8 Å². The third-order valence-electron chi connectivity index (χ3n) is 2.71. The van der Waals surface area contributed by atoms with Gasteiger partial charge in [0.15, 0.2) is 0 Å². The van der Waals surface area contributed by atoms with Gasteiger partial charge in [-0.3, -0.25) is 0 Å². The predicted octanol–water partition coefficient (Wildman–Crippen LogP) is 3.30. The van der Waals surface area contributed by atoms with Gasteiger partial charge in [-0.25, -0.2) is 4.98 Å². The average molecular weight is 270 g/mol. The van der Waals surface area contributed by atoms with Crippen molar-refractivity contribution in [2.24, 2.45) is 0 Å². The average Bonchev–Trinajstić information content (AvgIpc) is 2.46. The molecule has 0 saturated heterocycles. The highest BCUT2D eigenvalue weighted by molar-refractivity contribution is 7.98. The Balaban J connectivity index is 2.00. The number of aliphatic hydroxyl groups excluding tert-OH is 1. The van der Waals surface area contributed by atoms with E-state index in [2.05, 4.69) is 4.98 Å². The van der Waals surface area contributed by atoms with Gasteiger partial charge in [-0.1, -0.05) is 12.1 Å². The molecule has 0 amide bonds. The zero-order valence-corrected chi connectivity index (χ0v) is 11.4. The lowest BCUT2D eigenvalue weighted by Crippen LogP contribution is -1.90. The van der Waals surface area contributed by atoms with Crippen LogP contribution in [0, 0.1) is 11.3 Å². The SMILES string of the molecule is CC(O)c1ccc(SCc2ccnc(C#N)c2)cc1. The molecule has 0 fully saturated rings. The molecule has 96 valence electrons. The molecule has 0 spiro atoms. The number of hydrogen-bond donors (Lipinski definition) is 1. The number of nitriles is 1. The fourth-order valence-electron chi connectivity index (χ4n) is 1.63. The number of nitrogens with zero attached hydrogens (tertiary/aromatic N) is 2. The zero-order valence-electron chi connectivity index (χ0n) is 10.6. The Labute approximate surface area is 116 Å². The van der Waals surface area contributed by atoms with Crippen LogP contribution in [0.2, 0.25) is 0 Å². The minimum absolute atomic E-state index is 0.433. The molecule has 0 bridgehead atoms. The first-order chi connectivity index (χ1) is 9.19. The maximum absolute atomic E-state index is 9.44. The Kier molecular flexibility index (Phi) is 4.56. The van der Waals surface area contributed by atoms with E-state index in [-0.39, 0.29) is 0 Å². The molecule has 19 heavy (non-hydrogen) atoms. The Bertz CT molecular complexity index is 588. The Morgan fingerprint density at radius 3 is 2.68 bits per heavy atom. The number of aliphatic hydroxyl groups is 1. The second-order valence-electron chi connectivity index (χ2n) is 4.19. The molecule has 1 aromatic carbocycles. The standard InChI is InChI=1S/C15H14N2OS/c1-11(18)13-2-4-15(5-3-13)19-10-12-6-7-17-14(8-12)9-16/h2-8,11,18H,10H2,1H3. The van der Waals surface area contributed by atoms with Crippen LogP contribution in [-0.2, 0) is 5.75 Å². The van der Waals surface area contributed by atoms with E-state index < -0.39 is 6.10 Å². The van der Waals surface area contributed by atoms with Crippen molar-refractivity contribution < 1.29 is 5.11 Å². The highest BCUT2D eigenvalue weighted by Gasteiger charge is 2.02. The normalized spacial score (nSPS) is 11.8. The number of pyridine rings is 1. The van der Waals surface area contributed by atoms with E-state index in [9.17, 15) is 5.11 Å². The van der Waals surface area contributed by atoms with E-state index in [4.69, 9.17) is 5.26 Å². The summed E-state index contributed by atoms with van der Waals surface area (Å²) in [5.41, 5.74) is 2.44. The van der Waals surface area contributed by atoms with Crippen molar-refractivity contribution in [1.82, 2.24) is 4.98 Å². The highest BCUT2D eigenvalue weighted by atomic mass is 32.2. The molecule has 0 saturated carbocycles. The van der Waals surface area contributed by atoms with Crippen LogP contribution in [0.4, 0.5) is 0 Å². The van der Waals surface area contributed by atoms with Crippen LogP contribution in [0.15, 0.2) is 47.5 Å². The summed E-state index contributed by atoms with van der Waals surface area (Å²) < 4.78 is 0. The van der Waals surface area contributed by atoms with Crippen LogP contribution in [0.3, 0.4) is 0 Å². The van der Waals surface area contributed by atoms with Crippen LogP contribution < -0.4 is 0 Å². The van der Waals surface area contributed by atoms with E-state index >= 15 is 0 Å². The molecule has 2 rings (SSSR count). The van der Waals surface area contributed by atoms with Crippen molar-refractivity contribution in [1.29, 1.82) is 5.26 Å². The minimum atomic E-state index is -0.433. The predicted molar refractivity (Wildman–Crippen MR) is 75.6 cm³/mol. The molecule has 1 aromatic heterocycles.